The Morgan fingerprint density at radius 3 is 2.31 bits per heavy atom. The standard InChI is InChI=1S/C11H25NO/c1-5-11(9-13)8-12(4)7-6-10(2)3/h10-11,13H,5-9H2,1-4H3. The predicted molar refractivity (Wildman–Crippen MR) is 57.8 cm³/mol. The SMILES string of the molecule is CCC(CO)CN(C)CCC(C)C. The van der Waals surface area contributed by atoms with E-state index in [-0.39, 0.29) is 0 Å². The molecule has 0 amide bonds. The van der Waals surface area contributed by atoms with Crippen LogP contribution in [0.1, 0.15) is 33.6 Å². The van der Waals surface area contributed by atoms with Gasteiger partial charge in [-0.25, -0.2) is 0 Å². The number of aliphatic hydroxyl groups excluding tert-OH is 1. The number of hydrogen-bond donors (Lipinski definition) is 1. The Labute approximate surface area is 82.9 Å². The summed E-state index contributed by atoms with van der Waals surface area (Å²) in [6.45, 7) is 9.13. The molecule has 0 aliphatic heterocycles. The molecule has 1 atom stereocenters. The predicted octanol–water partition coefficient (Wildman–Crippen LogP) is 1.98. The first kappa shape index (κ1) is 12.9. The van der Waals surface area contributed by atoms with E-state index in [9.17, 15) is 0 Å². The minimum absolute atomic E-state index is 0.322. The largest absolute Gasteiger partial charge is 0.396 e. The molecule has 0 saturated carbocycles. The van der Waals surface area contributed by atoms with Gasteiger partial charge in [-0.05, 0) is 38.3 Å². The summed E-state index contributed by atoms with van der Waals surface area (Å²) in [6, 6.07) is 0. The summed E-state index contributed by atoms with van der Waals surface area (Å²) in [6.07, 6.45) is 2.32. The highest BCUT2D eigenvalue weighted by atomic mass is 16.3. The summed E-state index contributed by atoms with van der Waals surface area (Å²) in [4.78, 5) is 2.32. The maximum absolute atomic E-state index is 9.03. The normalized spacial score (nSPS) is 14.1. The summed E-state index contributed by atoms with van der Waals surface area (Å²) >= 11 is 0. The van der Waals surface area contributed by atoms with Crippen LogP contribution in [-0.2, 0) is 0 Å². The second kappa shape index (κ2) is 7.34. The van der Waals surface area contributed by atoms with Crippen molar-refractivity contribution in [3.63, 3.8) is 0 Å². The van der Waals surface area contributed by atoms with E-state index in [1.54, 1.807) is 0 Å². The van der Waals surface area contributed by atoms with Gasteiger partial charge in [0.15, 0.2) is 0 Å². The van der Waals surface area contributed by atoms with Crippen LogP contribution in [0.2, 0.25) is 0 Å². The molecule has 0 aromatic carbocycles. The van der Waals surface area contributed by atoms with Crippen LogP contribution < -0.4 is 0 Å². The Morgan fingerprint density at radius 2 is 1.92 bits per heavy atom. The Balaban J connectivity index is 3.53. The van der Waals surface area contributed by atoms with Crippen molar-refractivity contribution in [2.24, 2.45) is 11.8 Å². The molecule has 0 aromatic rings. The zero-order valence-corrected chi connectivity index (χ0v) is 9.58. The number of hydrogen-bond acceptors (Lipinski definition) is 2. The van der Waals surface area contributed by atoms with E-state index in [0.29, 0.717) is 12.5 Å². The van der Waals surface area contributed by atoms with Gasteiger partial charge in [0.25, 0.3) is 0 Å². The molecular weight excluding hydrogens is 162 g/mol. The van der Waals surface area contributed by atoms with Crippen LogP contribution in [0.4, 0.5) is 0 Å². The van der Waals surface area contributed by atoms with E-state index in [1.165, 1.54) is 6.42 Å². The molecule has 0 aromatic heterocycles. The first-order chi connectivity index (χ1) is 6.10. The lowest BCUT2D eigenvalue weighted by Gasteiger charge is -2.22. The maximum atomic E-state index is 9.03. The lowest BCUT2D eigenvalue weighted by molar-refractivity contribution is 0.173. The van der Waals surface area contributed by atoms with Gasteiger partial charge in [-0.3, -0.25) is 0 Å². The summed E-state index contributed by atoms with van der Waals surface area (Å²) in [7, 11) is 2.14. The second-order valence-electron chi connectivity index (χ2n) is 4.40. The highest BCUT2D eigenvalue weighted by Gasteiger charge is 2.08. The molecule has 0 aliphatic carbocycles. The van der Waals surface area contributed by atoms with E-state index < -0.39 is 0 Å². The van der Waals surface area contributed by atoms with Gasteiger partial charge in [-0.2, -0.15) is 0 Å². The van der Waals surface area contributed by atoms with E-state index in [0.717, 1.165) is 25.4 Å². The fourth-order valence-electron chi connectivity index (χ4n) is 1.33. The first-order valence-electron chi connectivity index (χ1n) is 5.39. The van der Waals surface area contributed by atoms with Gasteiger partial charge in [0.05, 0.1) is 0 Å². The van der Waals surface area contributed by atoms with Gasteiger partial charge in [0.1, 0.15) is 0 Å². The van der Waals surface area contributed by atoms with E-state index in [1.807, 2.05) is 0 Å². The summed E-state index contributed by atoms with van der Waals surface area (Å²) in [5.74, 6) is 1.23. The minimum atomic E-state index is 0.322. The fourth-order valence-corrected chi connectivity index (χ4v) is 1.33. The van der Waals surface area contributed by atoms with Gasteiger partial charge in [-0.15, -0.1) is 0 Å². The summed E-state index contributed by atoms with van der Waals surface area (Å²) < 4.78 is 0. The molecule has 0 rings (SSSR count). The molecule has 0 spiro atoms. The van der Waals surface area contributed by atoms with Crippen LogP contribution in [0.25, 0.3) is 0 Å². The quantitative estimate of drug-likeness (QED) is 0.659. The topological polar surface area (TPSA) is 23.5 Å². The van der Waals surface area contributed by atoms with Crippen molar-refractivity contribution in [2.75, 3.05) is 26.7 Å². The zero-order valence-electron chi connectivity index (χ0n) is 9.58. The van der Waals surface area contributed by atoms with E-state index >= 15 is 0 Å². The molecule has 2 nitrogen and oxygen atoms in total. The highest BCUT2D eigenvalue weighted by Crippen LogP contribution is 2.06. The molecule has 0 bridgehead atoms. The number of rotatable bonds is 7. The number of aliphatic hydroxyl groups is 1. The van der Waals surface area contributed by atoms with E-state index in [2.05, 4.69) is 32.7 Å². The fraction of sp³-hybridized carbons (Fsp3) is 1.00. The Morgan fingerprint density at radius 1 is 1.31 bits per heavy atom. The Hall–Kier alpha value is -0.0800. The van der Waals surface area contributed by atoms with Crippen LogP contribution in [0.3, 0.4) is 0 Å². The summed E-state index contributed by atoms with van der Waals surface area (Å²) in [5, 5.41) is 9.03. The van der Waals surface area contributed by atoms with Crippen molar-refractivity contribution in [3.8, 4) is 0 Å². The average Bonchev–Trinajstić information content (AvgIpc) is 2.10. The van der Waals surface area contributed by atoms with Gasteiger partial charge in [-0.1, -0.05) is 20.8 Å². The van der Waals surface area contributed by atoms with Gasteiger partial charge >= 0.3 is 0 Å². The Kier molecular flexibility index (Phi) is 7.29. The van der Waals surface area contributed by atoms with Crippen LogP contribution in [-0.4, -0.2) is 36.8 Å². The molecule has 0 saturated heterocycles. The molecule has 13 heavy (non-hydrogen) atoms. The molecule has 0 fully saturated rings. The molecule has 1 N–H and O–H groups in total. The molecule has 0 aliphatic rings. The van der Waals surface area contributed by atoms with Crippen LogP contribution in [0.5, 0.6) is 0 Å². The minimum Gasteiger partial charge on any atom is -0.396 e. The highest BCUT2D eigenvalue weighted by molar-refractivity contribution is 4.61. The molecule has 80 valence electrons. The van der Waals surface area contributed by atoms with Gasteiger partial charge in [0, 0.05) is 13.2 Å². The lowest BCUT2D eigenvalue weighted by atomic mass is 10.1. The van der Waals surface area contributed by atoms with Crippen LogP contribution in [0, 0.1) is 11.8 Å². The average molecular weight is 187 g/mol. The third-order valence-corrected chi connectivity index (χ3v) is 2.49. The van der Waals surface area contributed by atoms with Crippen molar-refractivity contribution in [1.82, 2.24) is 4.90 Å². The van der Waals surface area contributed by atoms with Crippen molar-refractivity contribution in [3.05, 3.63) is 0 Å². The van der Waals surface area contributed by atoms with Crippen LogP contribution >= 0.6 is 0 Å². The van der Waals surface area contributed by atoms with E-state index in [4.69, 9.17) is 5.11 Å². The van der Waals surface area contributed by atoms with Gasteiger partial charge in [0.2, 0.25) is 0 Å². The smallest absolute Gasteiger partial charge is 0.0471 e. The third kappa shape index (κ3) is 7.03. The zero-order chi connectivity index (χ0) is 10.3. The Bertz CT molecular complexity index is 111. The van der Waals surface area contributed by atoms with Crippen molar-refractivity contribution in [1.29, 1.82) is 0 Å². The molecule has 0 heterocycles. The second-order valence-corrected chi connectivity index (χ2v) is 4.40. The maximum Gasteiger partial charge on any atom is 0.0471 e. The van der Waals surface area contributed by atoms with Crippen molar-refractivity contribution < 1.29 is 5.11 Å². The molecular formula is C11H25NO. The summed E-state index contributed by atoms with van der Waals surface area (Å²) in [5.41, 5.74) is 0. The monoisotopic (exact) mass is 187 g/mol. The third-order valence-electron chi connectivity index (χ3n) is 2.49. The molecule has 1 unspecified atom stereocenters. The molecule has 2 heteroatoms. The number of nitrogens with zero attached hydrogens (tertiary/aromatic N) is 1. The van der Waals surface area contributed by atoms with Gasteiger partial charge < -0.3 is 10.0 Å². The molecule has 0 radical (unpaired) electrons. The van der Waals surface area contributed by atoms with Crippen molar-refractivity contribution in [2.45, 2.75) is 33.6 Å². The van der Waals surface area contributed by atoms with Crippen molar-refractivity contribution >= 4 is 0 Å². The first-order valence-corrected chi connectivity index (χ1v) is 5.39. The lowest BCUT2D eigenvalue weighted by Crippen LogP contribution is -2.28. The van der Waals surface area contributed by atoms with Crippen LogP contribution in [0.15, 0.2) is 0 Å².